The molecule has 0 bridgehead atoms. The molecule has 186 valence electrons. The standard InChI is InChI=1S/C24H20F3N5O4/c1-12-16-11-14(35-18-7-9-29-21-15(18)3-5-20(33)31-21)2-4-17(16)36-22(12)32-23(34)30-19-10-13(6-8-28-19)24(25,26)27/h2,4,6-12,22H,3,5H2,1H3,(H,29,31,33)(H2,28,30,32,34)/t12-,22+/m0/s1. The molecule has 3 N–H and O–H groups in total. The molecule has 3 amide bonds. The molecular weight excluding hydrogens is 479 g/mol. The first-order valence-corrected chi connectivity index (χ1v) is 11.0. The van der Waals surface area contributed by atoms with Crippen LogP contribution in [0.3, 0.4) is 0 Å². The van der Waals surface area contributed by atoms with Gasteiger partial charge in [0.25, 0.3) is 0 Å². The summed E-state index contributed by atoms with van der Waals surface area (Å²) in [6.07, 6.45) is -1.93. The fraction of sp³-hybridized carbons (Fsp3) is 0.250. The van der Waals surface area contributed by atoms with Gasteiger partial charge in [0.2, 0.25) is 5.91 Å². The third-order valence-corrected chi connectivity index (χ3v) is 5.88. The van der Waals surface area contributed by atoms with Crippen molar-refractivity contribution in [3.8, 4) is 17.2 Å². The van der Waals surface area contributed by atoms with Crippen molar-refractivity contribution in [3.63, 3.8) is 0 Å². The number of carbonyl (C=O) groups excluding carboxylic acids is 2. The summed E-state index contributed by atoms with van der Waals surface area (Å²) in [5.74, 6) is 1.52. The molecule has 0 spiro atoms. The zero-order chi connectivity index (χ0) is 25.4. The van der Waals surface area contributed by atoms with Gasteiger partial charge in [0.1, 0.15) is 28.9 Å². The molecule has 0 saturated carbocycles. The van der Waals surface area contributed by atoms with Gasteiger partial charge in [-0.05, 0) is 42.8 Å². The minimum Gasteiger partial charge on any atom is -0.470 e. The molecule has 12 heteroatoms. The normalized spacial score (nSPS) is 18.4. The lowest BCUT2D eigenvalue weighted by Gasteiger charge is -2.19. The SMILES string of the molecule is C[C@H]1c2cc(Oc3ccnc4c3CCC(=O)N4)ccc2O[C@H]1NC(=O)Nc1cc(C(F)(F)F)ccn1. The summed E-state index contributed by atoms with van der Waals surface area (Å²) < 4.78 is 50.6. The van der Waals surface area contributed by atoms with Crippen molar-refractivity contribution in [2.24, 2.45) is 0 Å². The molecule has 2 aromatic heterocycles. The molecule has 2 atom stereocenters. The highest BCUT2D eigenvalue weighted by Crippen LogP contribution is 2.41. The number of benzene rings is 1. The average Bonchev–Trinajstić information content (AvgIpc) is 3.13. The van der Waals surface area contributed by atoms with E-state index in [2.05, 4.69) is 25.9 Å². The molecule has 36 heavy (non-hydrogen) atoms. The summed E-state index contributed by atoms with van der Waals surface area (Å²) in [6, 6.07) is 7.76. The van der Waals surface area contributed by atoms with Crippen LogP contribution in [0, 0.1) is 0 Å². The lowest BCUT2D eigenvalue weighted by Crippen LogP contribution is -2.42. The summed E-state index contributed by atoms with van der Waals surface area (Å²) in [5, 5.41) is 7.65. The second-order valence-corrected chi connectivity index (χ2v) is 8.34. The fourth-order valence-corrected chi connectivity index (χ4v) is 4.05. The minimum atomic E-state index is -4.55. The average molecular weight is 499 g/mol. The van der Waals surface area contributed by atoms with E-state index >= 15 is 0 Å². The fourth-order valence-electron chi connectivity index (χ4n) is 4.05. The van der Waals surface area contributed by atoms with Gasteiger partial charge in [0.05, 0.1) is 5.56 Å². The number of halogens is 3. The number of nitrogens with one attached hydrogen (secondary N) is 3. The number of ether oxygens (including phenoxy) is 2. The first-order chi connectivity index (χ1) is 17.2. The van der Waals surface area contributed by atoms with Crippen molar-refractivity contribution in [1.29, 1.82) is 0 Å². The van der Waals surface area contributed by atoms with Crippen LogP contribution in [0.1, 0.15) is 36.0 Å². The Kier molecular flexibility index (Phi) is 5.86. The monoisotopic (exact) mass is 499 g/mol. The van der Waals surface area contributed by atoms with Gasteiger partial charge in [-0.1, -0.05) is 6.92 Å². The van der Waals surface area contributed by atoms with Crippen LogP contribution in [0.2, 0.25) is 0 Å². The van der Waals surface area contributed by atoms with Crippen molar-refractivity contribution < 1.29 is 32.2 Å². The molecule has 1 aromatic carbocycles. The third kappa shape index (κ3) is 4.74. The molecule has 3 aromatic rings. The lowest BCUT2D eigenvalue weighted by molar-refractivity contribution is -0.137. The minimum absolute atomic E-state index is 0.0953. The summed E-state index contributed by atoms with van der Waals surface area (Å²) in [5.41, 5.74) is 0.670. The van der Waals surface area contributed by atoms with Crippen LogP contribution in [-0.4, -0.2) is 28.1 Å². The molecule has 0 unspecified atom stereocenters. The molecule has 0 saturated heterocycles. The molecule has 4 heterocycles. The van der Waals surface area contributed by atoms with Gasteiger partial charge >= 0.3 is 12.2 Å². The maximum atomic E-state index is 12.9. The molecule has 9 nitrogen and oxygen atoms in total. The lowest BCUT2D eigenvalue weighted by atomic mass is 10.0. The van der Waals surface area contributed by atoms with Crippen LogP contribution < -0.4 is 25.4 Å². The number of nitrogens with zero attached hydrogens (tertiary/aromatic N) is 2. The Hall–Kier alpha value is -4.35. The molecule has 0 aliphatic carbocycles. The topological polar surface area (TPSA) is 114 Å². The zero-order valence-electron chi connectivity index (χ0n) is 18.8. The number of amides is 3. The van der Waals surface area contributed by atoms with Gasteiger partial charge in [-0.15, -0.1) is 0 Å². The van der Waals surface area contributed by atoms with Gasteiger partial charge < -0.3 is 20.1 Å². The number of aromatic nitrogens is 2. The molecule has 2 aliphatic rings. The predicted octanol–water partition coefficient (Wildman–Crippen LogP) is 4.82. The van der Waals surface area contributed by atoms with E-state index in [1.165, 1.54) is 0 Å². The number of rotatable bonds is 4. The van der Waals surface area contributed by atoms with Crippen molar-refractivity contribution >= 4 is 23.6 Å². The third-order valence-electron chi connectivity index (χ3n) is 5.88. The summed E-state index contributed by atoms with van der Waals surface area (Å²) in [7, 11) is 0. The van der Waals surface area contributed by atoms with Crippen LogP contribution in [0.25, 0.3) is 0 Å². The predicted molar refractivity (Wildman–Crippen MR) is 122 cm³/mol. The van der Waals surface area contributed by atoms with Gasteiger partial charge in [-0.2, -0.15) is 13.2 Å². The number of fused-ring (bicyclic) bond motifs is 2. The van der Waals surface area contributed by atoms with Crippen LogP contribution in [0.5, 0.6) is 17.2 Å². The molecule has 2 aliphatic heterocycles. The Morgan fingerprint density at radius 1 is 1.14 bits per heavy atom. The molecule has 0 fully saturated rings. The summed E-state index contributed by atoms with van der Waals surface area (Å²) >= 11 is 0. The van der Waals surface area contributed by atoms with E-state index in [0.717, 1.165) is 29.5 Å². The Labute approximate surface area is 203 Å². The van der Waals surface area contributed by atoms with Crippen LogP contribution in [-0.2, 0) is 17.4 Å². The van der Waals surface area contributed by atoms with E-state index in [-0.39, 0.29) is 17.6 Å². The second-order valence-electron chi connectivity index (χ2n) is 8.34. The van der Waals surface area contributed by atoms with E-state index in [1.54, 1.807) is 30.5 Å². The van der Waals surface area contributed by atoms with E-state index in [4.69, 9.17) is 9.47 Å². The Balaban J connectivity index is 1.26. The van der Waals surface area contributed by atoms with Crippen LogP contribution in [0.15, 0.2) is 48.8 Å². The highest BCUT2D eigenvalue weighted by Gasteiger charge is 2.34. The van der Waals surface area contributed by atoms with Crippen molar-refractivity contribution in [2.45, 2.75) is 38.1 Å². The number of alkyl halides is 3. The Morgan fingerprint density at radius 3 is 2.75 bits per heavy atom. The largest absolute Gasteiger partial charge is 0.470 e. The van der Waals surface area contributed by atoms with Gasteiger partial charge in [-0.25, -0.2) is 14.8 Å². The maximum Gasteiger partial charge on any atom is 0.416 e. The van der Waals surface area contributed by atoms with Crippen molar-refractivity contribution in [3.05, 3.63) is 65.5 Å². The number of carbonyl (C=O) groups is 2. The molecule has 0 radical (unpaired) electrons. The summed E-state index contributed by atoms with van der Waals surface area (Å²) in [6.45, 7) is 1.84. The molecular formula is C24H20F3N5O4. The zero-order valence-corrected chi connectivity index (χ0v) is 18.8. The van der Waals surface area contributed by atoms with E-state index in [0.29, 0.717) is 35.9 Å². The molecule has 5 rings (SSSR count). The maximum absolute atomic E-state index is 12.9. The highest BCUT2D eigenvalue weighted by molar-refractivity contribution is 5.93. The Bertz CT molecular complexity index is 1350. The quantitative estimate of drug-likeness (QED) is 0.475. The van der Waals surface area contributed by atoms with E-state index < -0.39 is 24.0 Å². The van der Waals surface area contributed by atoms with Gasteiger partial charge in [-0.3, -0.25) is 10.1 Å². The second kappa shape index (κ2) is 9.02. The number of hydrogen-bond acceptors (Lipinski definition) is 6. The Morgan fingerprint density at radius 2 is 1.94 bits per heavy atom. The van der Waals surface area contributed by atoms with Crippen molar-refractivity contribution in [1.82, 2.24) is 15.3 Å². The first-order valence-electron chi connectivity index (χ1n) is 11.0. The van der Waals surface area contributed by atoms with Gasteiger partial charge in [0, 0.05) is 35.9 Å². The number of hydrogen-bond donors (Lipinski definition) is 3. The number of pyridine rings is 2. The number of urea groups is 1. The smallest absolute Gasteiger partial charge is 0.416 e. The highest BCUT2D eigenvalue weighted by atomic mass is 19.4. The van der Waals surface area contributed by atoms with Crippen LogP contribution in [0.4, 0.5) is 29.6 Å². The van der Waals surface area contributed by atoms with Gasteiger partial charge in [0.15, 0.2) is 6.23 Å². The summed E-state index contributed by atoms with van der Waals surface area (Å²) in [4.78, 5) is 32.0. The van der Waals surface area contributed by atoms with Crippen LogP contribution >= 0.6 is 0 Å². The van der Waals surface area contributed by atoms with E-state index in [1.807, 2.05) is 6.92 Å². The van der Waals surface area contributed by atoms with E-state index in [9.17, 15) is 22.8 Å². The first kappa shape index (κ1) is 23.4. The number of anilines is 2. The van der Waals surface area contributed by atoms with Crippen molar-refractivity contribution in [2.75, 3.05) is 10.6 Å².